The number of likely N-dealkylation sites (tertiary alicyclic amines) is 1. The second kappa shape index (κ2) is 8.69. The van der Waals surface area contributed by atoms with Crippen molar-refractivity contribution in [2.45, 2.75) is 19.9 Å². The third-order valence-electron chi connectivity index (χ3n) is 4.87. The lowest BCUT2D eigenvalue weighted by Gasteiger charge is -2.21. The van der Waals surface area contributed by atoms with E-state index in [0.717, 1.165) is 11.1 Å². The zero-order chi connectivity index (χ0) is 20.1. The fraction of sp³-hybridized carbons (Fsp3) is 0.318. The summed E-state index contributed by atoms with van der Waals surface area (Å²) in [7, 11) is 1.60. The van der Waals surface area contributed by atoms with E-state index < -0.39 is 5.92 Å². The van der Waals surface area contributed by atoms with Crippen LogP contribution in [0.3, 0.4) is 0 Å². The predicted octanol–water partition coefficient (Wildman–Crippen LogP) is 2.44. The summed E-state index contributed by atoms with van der Waals surface area (Å²) in [4.78, 5) is 40.3. The summed E-state index contributed by atoms with van der Waals surface area (Å²) < 4.78 is 0. The summed E-state index contributed by atoms with van der Waals surface area (Å²) in [5, 5.41) is 2.79. The molecule has 0 aliphatic carbocycles. The second-order valence-corrected chi connectivity index (χ2v) is 7.27. The molecule has 3 rings (SSSR count). The van der Waals surface area contributed by atoms with E-state index in [1.807, 2.05) is 61.5 Å². The van der Waals surface area contributed by atoms with E-state index in [9.17, 15) is 14.4 Å². The smallest absolute Gasteiger partial charge is 0.243 e. The minimum absolute atomic E-state index is 0.0280. The maximum absolute atomic E-state index is 12.7. The number of rotatable bonds is 6. The van der Waals surface area contributed by atoms with E-state index in [1.54, 1.807) is 11.9 Å². The molecule has 28 heavy (non-hydrogen) atoms. The number of nitrogens with zero attached hydrogens (tertiary/aromatic N) is 2. The van der Waals surface area contributed by atoms with Gasteiger partial charge >= 0.3 is 0 Å². The lowest BCUT2D eigenvalue weighted by atomic mass is 10.1. The van der Waals surface area contributed by atoms with E-state index >= 15 is 0 Å². The van der Waals surface area contributed by atoms with E-state index in [-0.39, 0.29) is 30.7 Å². The van der Waals surface area contributed by atoms with Crippen LogP contribution >= 0.6 is 0 Å². The van der Waals surface area contributed by atoms with Crippen molar-refractivity contribution in [3.63, 3.8) is 0 Å². The number of amides is 3. The van der Waals surface area contributed by atoms with Crippen molar-refractivity contribution in [2.75, 3.05) is 25.5 Å². The second-order valence-electron chi connectivity index (χ2n) is 7.27. The van der Waals surface area contributed by atoms with Gasteiger partial charge in [0.1, 0.15) is 0 Å². The summed E-state index contributed by atoms with van der Waals surface area (Å²) in [5.74, 6) is -0.874. The fourth-order valence-corrected chi connectivity index (χ4v) is 3.34. The molecular formula is C22H25N3O3. The van der Waals surface area contributed by atoms with Gasteiger partial charge in [-0.3, -0.25) is 14.4 Å². The Labute approximate surface area is 165 Å². The molecule has 0 unspecified atom stereocenters. The molecule has 1 heterocycles. The Balaban J connectivity index is 1.52. The standard InChI is InChI=1S/C22H25N3O3/c1-16-8-10-19(11-9-16)23-20(26)15-24(2)22(28)18-12-21(27)25(14-18)13-17-6-4-3-5-7-17/h3-11,18H,12-15H2,1-2H3,(H,23,26)/t18-/m1/s1. The van der Waals surface area contributed by atoms with Gasteiger partial charge in [-0.1, -0.05) is 48.0 Å². The molecule has 0 spiro atoms. The molecule has 1 fully saturated rings. The number of anilines is 1. The number of hydrogen-bond donors (Lipinski definition) is 1. The van der Waals surface area contributed by atoms with Crippen molar-refractivity contribution in [1.29, 1.82) is 0 Å². The maximum Gasteiger partial charge on any atom is 0.243 e. The molecule has 1 saturated heterocycles. The Bertz CT molecular complexity index is 849. The first-order chi connectivity index (χ1) is 13.4. The summed E-state index contributed by atoms with van der Waals surface area (Å²) >= 11 is 0. The van der Waals surface area contributed by atoms with Crippen LogP contribution in [-0.4, -0.2) is 47.7 Å². The Morgan fingerprint density at radius 1 is 1.11 bits per heavy atom. The molecule has 3 amide bonds. The molecule has 0 aromatic heterocycles. The molecule has 0 radical (unpaired) electrons. The Morgan fingerprint density at radius 3 is 2.46 bits per heavy atom. The molecule has 2 aromatic carbocycles. The number of nitrogens with one attached hydrogen (secondary N) is 1. The van der Waals surface area contributed by atoms with Gasteiger partial charge < -0.3 is 15.1 Å². The zero-order valence-electron chi connectivity index (χ0n) is 16.2. The molecular weight excluding hydrogens is 354 g/mol. The zero-order valence-corrected chi connectivity index (χ0v) is 16.2. The molecule has 1 N–H and O–H groups in total. The van der Waals surface area contributed by atoms with E-state index in [2.05, 4.69) is 5.32 Å². The molecule has 6 nitrogen and oxygen atoms in total. The highest BCUT2D eigenvalue weighted by Crippen LogP contribution is 2.22. The number of likely N-dealkylation sites (N-methyl/N-ethyl adjacent to an activating group) is 1. The van der Waals surface area contributed by atoms with Crippen LogP contribution in [0.15, 0.2) is 54.6 Å². The Morgan fingerprint density at radius 2 is 1.79 bits per heavy atom. The maximum atomic E-state index is 12.7. The van der Waals surface area contributed by atoms with Crippen LogP contribution in [0.25, 0.3) is 0 Å². The number of hydrogen-bond acceptors (Lipinski definition) is 3. The average Bonchev–Trinajstić information content (AvgIpc) is 3.04. The monoisotopic (exact) mass is 379 g/mol. The van der Waals surface area contributed by atoms with E-state index in [4.69, 9.17) is 0 Å². The molecule has 6 heteroatoms. The van der Waals surface area contributed by atoms with Crippen LogP contribution in [0, 0.1) is 12.8 Å². The molecule has 1 aliphatic rings. The first-order valence-corrected chi connectivity index (χ1v) is 9.35. The van der Waals surface area contributed by atoms with Crippen molar-refractivity contribution in [3.8, 4) is 0 Å². The quantitative estimate of drug-likeness (QED) is 0.838. The minimum atomic E-state index is -0.409. The largest absolute Gasteiger partial charge is 0.338 e. The van der Waals surface area contributed by atoms with Crippen LogP contribution in [0.4, 0.5) is 5.69 Å². The highest BCUT2D eigenvalue weighted by atomic mass is 16.2. The van der Waals surface area contributed by atoms with E-state index in [0.29, 0.717) is 18.8 Å². The van der Waals surface area contributed by atoms with Crippen molar-refractivity contribution in [3.05, 3.63) is 65.7 Å². The first-order valence-electron chi connectivity index (χ1n) is 9.35. The van der Waals surface area contributed by atoms with Gasteiger partial charge in [0.05, 0.1) is 12.5 Å². The van der Waals surface area contributed by atoms with Gasteiger partial charge in [-0.15, -0.1) is 0 Å². The van der Waals surface area contributed by atoms with E-state index in [1.165, 1.54) is 4.90 Å². The molecule has 1 atom stereocenters. The van der Waals surface area contributed by atoms with Crippen molar-refractivity contribution < 1.29 is 14.4 Å². The van der Waals surface area contributed by atoms with Gasteiger partial charge in [0.15, 0.2) is 0 Å². The first kappa shape index (κ1) is 19.6. The van der Waals surface area contributed by atoms with Crippen LogP contribution in [0.2, 0.25) is 0 Å². The predicted molar refractivity (Wildman–Crippen MR) is 107 cm³/mol. The van der Waals surface area contributed by atoms with Crippen LogP contribution in [0.1, 0.15) is 17.5 Å². The fourth-order valence-electron chi connectivity index (χ4n) is 3.34. The Kier molecular flexibility index (Phi) is 6.09. The lowest BCUT2D eigenvalue weighted by Crippen LogP contribution is -2.39. The molecule has 0 saturated carbocycles. The van der Waals surface area contributed by atoms with Gasteiger partial charge in [-0.05, 0) is 24.6 Å². The molecule has 2 aromatic rings. The highest BCUT2D eigenvalue weighted by molar-refractivity contribution is 5.96. The minimum Gasteiger partial charge on any atom is -0.338 e. The topological polar surface area (TPSA) is 69.7 Å². The SMILES string of the molecule is Cc1ccc(NC(=O)CN(C)C(=O)[C@@H]2CC(=O)N(Cc3ccccc3)C2)cc1. The van der Waals surface area contributed by atoms with Crippen LogP contribution in [0.5, 0.6) is 0 Å². The number of aryl methyl sites for hydroxylation is 1. The van der Waals surface area contributed by atoms with Gasteiger partial charge in [0.2, 0.25) is 17.7 Å². The molecule has 1 aliphatic heterocycles. The van der Waals surface area contributed by atoms with Gasteiger partial charge in [-0.2, -0.15) is 0 Å². The Hall–Kier alpha value is -3.15. The van der Waals surface area contributed by atoms with Gasteiger partial charge in [0.25, 0.3) is 0 Å². The molecule has 146 valence electrons. The summed E-state index contributed by atoms with van der Waals surface area (Å²) in [6.45, 7) is 2.82. The van der Waals surface area contributed by atoms with Crippen molar-refractivity contribution in [2.24, 2.45) is 5.92 Å². The number of carbonyl (C=O) groups is 3. The third-order valence-corrected chi connectivity index (χ3v) is 4.87. The van der Waals surface area contributed by atoms with Gasteiger partial charge in [0, 0.05) is 32.2 Å². The lowest BCUT2D eigenvalue weighted by molar-refractivity contribution is -0.137. The average molecular weight is 379 g/mol. The number of carbonyl (C=O) groups excluding carboxylic acids is 3. The summed E-state index contributed by atoms with van der Waals surface area (Å²) in [6, 6.07) is 17.2. The van der Waals surface area contributed by atoms with Crippen LogP contribution < -0.4 is 5.32 Å². The molecule has 0 bridgehead atoms. The van der Waals surface area contributed by atoms with Crippen LogP contribution in [-0.2, 0) is 20.9 Å². The summed E-state index contributed by atoms with van der Waals surface area (Å²) in [5.41, 5.74) is 2.84. The normalized spacial score (nSPS) is 16.1. The van der Waals surface area contributed by atoms with Crippen molar-refractivity contribution in [1.82, 2.24) is 9.80 Å². The number of benzene rings is 2. The highest BCUT2D eigenvalue weighted by Gasteiger charge is 2.35. The summed E-state index contributed by atoms with van der Waals surface area (Å²) in [6.07, 6.45) is 0.190. The third kappa shape index (κ3) is 4.97. The van der Waals surface area contributed by atoms with Crippen molar-refractivity contribution >= 4 is 23.4 Å². The van der Waals surface area contributed by atoms with Gasteiger partial charge in [-0.25, -0.2) is 0 Å².